The van der Waals surface area contributed by atoms with Crippen molar-refractivity contribution in [2.45, 2.75) is 0 Å². The summed E-state index contributed by atoms with van der Waals surface area (Å²) >= 11 is 0. The molecule has 0 aliphatic carbocycles. The van der Waals surface area contributed by atoms with Crippen LogP contribution in [0.4, 0.5) is 4.39 Å². The third kappa shape index (κ3) is 1.88. The van der Waals surface area contributed by atoms with Crippen molar-refractivity contribution >= 4 is 5.97 Å². The summed E-state index contributed by atoms with van der Waals surface area (Å²) in [5.41, 5.74) is 0.512. The lowest BCUT2D eigenvalue weighted by atomic mass is 10.1. The largest absolute Gasteiger partial charge is 0.475 e. The van der Waals surface area contributed by atoms with E-state index in [1.807, 2.05) is 0 Å². The maximum atomic E-state index is 13.4. The molecule has 16 heavy (non-hydrogen) atoms. The van der Waals surface area contributed by atoms with E-state index in [1.165, 1.54) is 0 Å². The monoisotopic (exact) mass is 218 g/mol. The minimum absolute atomic E-state index is 0.00648. The molecular weight excluding hydrogens is 211 g/mol. The Balaban J connectivity index is 2.56. The van der Waals surface area contributed by atoms with Crippen LogP contribution in [0.3, 0.4) is 0 Å². The number of aromatic nitrogens is 2. The van der Waals surface area contributed by atoms with E-state index in [1.54, 1.807) is 30.3 Å². The summed E-state index contributed by atoms with van der Waals surface area (Å²) in [5, 5.41) is 8.70. The van der Waals surface area contributed by atoms with Crippen LogP contribution in [-0.4, -0.2) is 21.0 Å². The van der Waals surface area contributed by atoms with E-state index in [4.69, 9.17) is 5.11 Å². The molecule has 0 saturated heterocycles. The van der Waals surface area contributed by atoms with Gasteiger partial charge in [0.15, 0.2) is 5.82 Å². The van der Waals surface area contributed by atoms with Crippen LogP contribution >= 0.6 is 0 Å². The highest BCUT2D eigenvalue weighted by Gasteiger charge is 2.12. The number of carbonyl (C=O) groups is 1. The molecular formula is C11H7FN2O2. The topological polar surface area (TPSA) is 63.1 Å². The molecule has 0 aliphatic heterocycles. The normalized spacial score (nSPS) is 10.1. The Bertz CT molecular complexity index is 529. The summed E-state index contributed by atoms with van der Waals surface area (Å²) in [6, 6.07) is 8.52. The van der Waals surface area contributed by atoms with Crippen molar-refractivity contribution in [3.8, 4) is 11.3 Å². The van der Waals surface area contributed by atoms with E-state index < -0.39 is 17.6 Å². The summed E-state index contributed by atoms with van der Waals surface area (Å²) in [6.45, 7) is 0. The summed E-state index contributed by atoms with van der Waals surface area (Å²) in [4.78, 5) is 17.7. The Morgan fingerprint density at radius 2 is 1.94 bits per heavy atom. The number of rotatable bonds is 2. The summed E-state index contributed by atoms with van der Waals surface area (Å²) in [7, 11) is 0. The van der Waals surface area contributed by atoms with Gasteiger partial charge in [0.25, 0.3) is 0 Å². The summed E-state index contributed by atoms with van der Waals surface area (Å²) in [6.07, 6.45) is 0.860. The predicted octanol–water partition coefficient (Wildman–Crippen LogP) is 1.98. The molecule has 80 valence electrons. The Morgan fingerprint density at radius 1 is 1.25 bits per heavy atom. The Kier molecular flexibility index (Phi) is 2.59. The van der Waals surface area contributed by atoms with Gasteiger partial charge < -0.3 is 5.11 Å². The van der Waals surface area contributed by atoms with E-state index >= 15 is 0 Å². The van der Waals surface area contributed by atoms with E-state index in [9.17, 15) is 9.18 Å². The second kappa shape index (κ2) is 4.06. The Morgan fingerprint density at radius 3 is 2.56 bits per heavy atom. The number of nitrogens with zero attached hydrogens (tertiary/aromatic N) is 2. The van der Waals surface area contributed by atoms with Gasteiger partial charge in [-0.15, -0.1) is 0 Å². The van der Waals surface area contributed by atoms with Crippen molar-refractivity contribution in [3.63, 3.8) is 0 Å². The van der Waals surface area contributed by atoms with Crippen molar-refractivity contribution < 1.29 is 14.3 Å². The lowest BCUT2D eigenvalue weighted by Gasteiger charge is -2.02. The highest BCUT2D eigenvalue weighted by molar-refractivity contribution is 5.83. The third-order valence-electron chi connectivity index (χ3n) is 1.98. The number of carboxylic acid groups (broad SMARTS) is 1. The van der Waals surface area contributed by atoms with Crippen molar-refractivity contribution in [3.05, 3.63) is 48.2 Å². The van der Waals surface area contributed by atoms with Gasteiger partial charge in [0.2, 0.25) is 5.82 Å². The van der Waals surface area contributed by atoms with Gasteiger partial charge in [0, 0.05) is 5.56 Å². The van der Waals surface area contributed by atoms with E-state index in [0.717, 1.165) is 6.20 Å². The minimum atomic E-state index is -1.28. The van der Waals surface area contributed by atoms with E-state index in [-0.39, 0.29) is 5.69 Å². The highest BCUT2D eigenvalue weighted by atomic mass is 19.1. The van der Waals surface area contributed by atoms with Gasteiger partial charge >= 0.3 is 5.97 Å². The molecule has 0 amide bonds. The molecule has 0 bridgehead atoms. The smallest absolute Gasteiger partial charge is 0.373 e. The van der Waals surface area contributed by atoms with Crippen LogP contribution in [0.1, 0.15) is 10.6 Å². The second-order valence-corrected chi connectivity index (χ2v) is 3.06. The molecule has 2 rings (SSSR count). The molecule has 1 heterocycles. The SMILES string of the molecule is O=C(O)c1ncc(F)c(-c2ccccc2)n1. The van der Waals surface area contributed by atoms with Crippen LogP contribution in [0.15, 0.2) is 36.5 Å². The second-order valence-electron chi connectivity index (χ2n) is 3.06. The molecule has 0 atom stereocenters. The third-order valence-corrected chi connectivity index (χ3v) is 1.98. The standard InChI is InChI=1S/C11H7FN2O2/c12-8-6-13-10(11(15)16)14-9(8)7-4-2-1-3-5-7/h1-6H,(H,15,16). The molecule has 1 aromatic heterocycles. The number of hydrogen-bond acceptors (Lipinski definition) is 3. The van der Waals surface area contributed by atoms with Crippen LogP contribution in [0.25, 0.3) is 11.3 Å². The first-order valence-corrected chi connectivity index (χ1v) is 4.50. The number of benzene rings is 1. The molecule has 1 aromatic carbocycles. The first-order chi connectivity index (χ1) is 7.68. The maximum Gasteiger partial charge on any atom is 0.373 e. The molecule has 0 unspecified atom stereocenters. The summed E-state index contributed by atoms with van der Waals surface area (Å²) < 4.78 is 13.4. The zero-order chi connectivity index (χ0) is 11.5. The van der Waals surface area contributed by atoms with Crippen molar-refractivity contribution in [2.75, 3.05) is 0 Å². The molecule has 5 heteroatoms. The van der Waals surface area contributed by atoms with Crippen LogP contribution in [-0.2, 0) is 0 Å². The molecule has 1 N–H and O–H groups in total. The molecule has 0 spiro atoms. The lowest BCUT2D eigenvalue weighted by Crippen LogP contribution is -2.06. The predicted molar refractivity (Wildman–Crippen MR) is 54.4 cm³/mol. The first-order valence-electron chi connectivity index (χ1n) is 4.50. The van der Waals surface area contributed by atoms with Gasteiger partial charge in [-0.2, -0.15) is 0 Å². The van der Waals surface area contributed by atoms with E-state index in [2.05, 4.69) is 9.97 Å². The van der Waals surface area contributed by atoms with Crippen LogP contribution in [0.5, 0.6) is 0 Å². The van der Waals surface area contributed by atoms with E-state index in [0.29, 0.717) is 5.56 Å². The fourth-order valence-electron chi connectivity index (χ4n) is 1.27. The maximum absolute atomic E-state index is 13.4. The van der Waals surface area contributed by atoms with Gasteiger partial charge in [0.05, 0.1) is 6.20 Å². The van der Waals surface area contributed by atoms with Crippen molar-refractivity contribution in [1.29, 1.82) is 0 Å². The zero-order valence-corrected chi connectivity index (χ0v) is 8.09. The summed E-state index contributed by atoms with van der Waals surface area (Å²) in [5.74, 6) is -2.34. The van der Waals surface area contributed by atoms with Gasteiger partial charge in [-0.25, -0.2) is 19.2 Å². The average Bonchev–Trinajstić information content (AvgIpc) is 2.30. The molecule has 0 aliphatic rings. The Labute approximate surface area is 90.4 Å². The number of hydrogen-bond donors (Lipinski definition) is 1. The van der Waals surface area contributed by atoms with Crippen LogP contribution in [0.2, 0.25) is 0 Å². The fourth-order valence-corrected chi connectivity index (χ4v) is 1.27. The van der Waals surface area contributed by atoms with Gasteiger partial charge in [-0.1, -0.05) is 30.3 Å². The van der Waals surface area contributed by atoms with Crippen molar-refractivity contribution in [1.82, 2.24) is 9.97 Å². The van der Waals surface area contributed by atoms with Crippen molar-refractivity contribution in [2.24, 2.45) is 0 Å². The average molecular weight is 218 g/mol. The van der Waals surface area contributed by atoms with Gasteiger partial charge in [0.1, 0.15) is 5.69 Å². The quantitative estimate of drug-likeness (QED) is 0.837. The molecule has 0 saturated carbocycles. The fraction of sp³-hybridized carbons (Fsp3) is 0. The molecule has 0 fully saturated rings. The minimum Gasteiger partial charge on any atom is -0.475 e. The Hall–Kier alpha value is -2.30. The van der Waals surface area contributed by atoms with Crippen LogP contribution < -0.4 is 0 Å². The molecule has 0 radical (unpaired) electrons. The first kappa shape index (κ1) is 10.2. The highest BCUT2D eigenvalue weighted by Crippen LogP contribution is 2.19. The van der Waals surface area contributed by atoms with Crippen LogP contribution in [0, 0.1) is 5.82 Å². The molecule has 2 aromatic rings. The number of aromatic carboxylic acids is 1. The number of carboxylic acids is 1. The van der Waals surface area contributed by atoms with Gasteiger partial charge in [-0.05, 0) is 0 Å². The lowest BCUT2D eigenvalue weighted by molar-refractivity contribution is 0.0683. The van der Waals surface area contributed by atoms with Gasteiger partial charge in [-0.3, -0.25) is 0 Å². The number of halogens is 1. The zero-order valence-electron chi connectivity index (χ0n) is 8.09. The molecule has 4 nitrogen and oxygen atoms in total.